The molecule has 0 heterocycles. The number of carbonyl (C=O) groups excluding carboxylic acids is 1. The van der Waals surface area contributed by atoms with Crippen LogP contribution in [0.5, 0.6) is 0 Å². The lowest BCUT2D eigenvalue weighted by Crippen LogP contribution is -2.23. The van der Waals surface area contributed by atoms with E-state index < -0.39 is 0 Å². The van der Waals surface area contributed by atoms with Gasteiger partial charge in [0, 0.05) is 15.7 Å². The monoisotopic (exact) mass is 301 g/mol. The Balaban J connectivity index is 2.52. The molecule has 0 atom stereocenters. The zero-order chi connectivity index (χ0) is 10.4. The summed E-state index contributed by atoms with van der Waals surface area (Å²) in [7, 11) is 0. The van der Waals surface area contributed by atoms with Crippen LogP contribution in [0.2, 0.25) is 0 Å². The van der Waals surface area contributed by atoms with Gasteiger partial charge in [-0.15, -0.1) is 6.58 Å². The van der Waals surface area contributed by atoms with E-state index >= 15 is 0 Å². The Morgan fingerprint density at radius 1 is 1.43 bits per heavy atom. The lowest BCUT2D eigenvalue weighted by Gasteiger charge is -2.02. The molecule has 74 valence electrons. The van der Waals surface area contributed by atoms with Crippen molar-refractivity contribution >= 4 is 28.5 Å². The first-order chi connectivity index (χ1) is 6.74. The highest BCUT2D eigenvalue weighted by molar-refractivity contribution is 14.1. The quantitative estimate of drug-likeness (QED) is 0.517. The van der Waals surface area contributed by atoms with Crippen molar-refractivity contribution in [2.45, 2.75) is 6.42 Å². The van der Waals surface area contributed by atoms with E-state index in [9.17, 15) is 4.79 Å². The number of halogens is 1. The molecule has 0 bridgehead atoms. The number of carbonyl (C=O) groups is 1. The van der Waals surface area contributed by atoms with Crippen LogP contribution >= 0.6 is 22.6 Å². The van der Waals surface area contributed by atoms with Crippen molar-refractivity contribution < 1.29 is 4.79 Å². The minimum Gasteiger partial charge on any atom is -0.352 e. The molecule has 0 saturated heterocycles. The number of rotatable bonds is 4. The summed E-state index contributed by atoms with van der Waals surface area (Å²) in [6.45, 7) is 4.24. The summed E-state index contributed by atoms with van der Waals surface area (Å²) < 4.78 is 1.13. The van der Waals surface area contributed by atoms with Crippen LogP contribution in [0.1, 0.15) is 16.8 Å². The molecule has 1 amide bonds. The van der Waals surface area contributed by atoms with Crippen LogP contribution in [0.15, 0.2) is 36.9 Å². The smallest absolute Gasteiger partial charge is 0.251 e. The number of nitrogens with one attached hydrogen (secondary N) is 1. The Bertz CT molecular complexity index is 319. The standard InChI is InChI=1S/C11H12INO/c1-2-3-8-13-11(14)9-4-6-10(12)7-5-9/h2,4-7H,1,3,8H2,(H,13,14). The molecule has 0 saturated carbocycles. The van der Waals surface area contributed by atoms with Crippen molar-refractivity contribution in [3.63, 3.8) is 0 Å². The van der Waals surface area contributed by atoms with Gasteiger partial charge in [-0.05, 0) is 53.3 Å². The van der Waals surface area contributed by atoms with E-state index in [4.69, 9.17) is 0 Å². The third-order valence-electron chi connectivity index (χ3n) is 1.74. The lowest BCUT2D eigenvalue weighted by molar-refractivity contribution is 0.0954. The Hall–Kier alpha value is -0.840. The fourth-order valence-electron chi connectivity index (χ4n) is 0.991. The number of hydrogen-bond acceptors (Lipinski definition) is 1. The minimum absolute atomic E-state index is 0.0248. The molecular weight excluding hydrogens is 289 g/mol. The molecule has 1 rings (SSSR count). The van der Waals surface area contributed by atoms with Gasteiger partial charge in [0.25, 0.3) is 5.91 Å². The van der Waals surface area contributed by atoms with Crippen LogP contribution in [0, 0.1) is 3.57 Å². The number of hydrogen-bond donors (Lipinski definition) is 1. The first-order valence-corrected chi connectivity index (χ1v) is 5.46. The first-order valence-electron chi connectivity index (χ1n) is 4.38. The van der Waals surface area contributed by atoms with Crippen LogP contribution < -0.4 is 5.32 Å². The highest BCUT2D eigenvalue weighted by atomic mass is 127. The molecule has 0 aromatic heterocycles. The summed E-state index contributed by atoms with van der Waals surface area (Å²) in [4.78, 5) is 11.5. The fraction of sp³-hybridized carbons (Fsp3) is 0.182. The third kappa shape index (κ3) is 3.49. The predicted molar refractivity (Wildman–Crippen MR) is 66.3 cm³/mol. The SMILES string of the molecule is C=CCCNC(=O)c1ccc(I)cc1. The van der Waals surface area contributed by atoms with Gasteiger partial charge in [-0.1, -0.05) is 6.08 Å². The van der Waals surface area contributed by atoms with Crippen molar-refractivity contribution in [3.8, 4) is 0 Å². The van der Waals surface area contributed by atoms with E-state index in [0.29, 0.717) is 12.1 Å². The molecule has 14 heavy (non-hydrogen) atoms. The highest BCUT2D eigenvalue weighted by Gasteiger charge is 2.02. The molecule has 0 fully saturated rings. The molecule has 1 N–H and O–H groups in total. The Morgan fingerprint density at radius 3 is 2.64 bits per heavy atom. The van der Waals surface area contributed by atoms with Crippen molar-refractivity contribution in [1.82, 2.24) is 5.32 Å². The summed E-state index contributed by atoms with van der Waals surface area (Å²) in [5.74, 6) is -0.0248. The van der Waals surface area contributed by atoms with Gasteiger partial charge >= 0.3 is 0 Å². The predicted octanol–water partition coefficient (Wildman–Crippen LogP) is 2.60. The Labute approximate surface area is 97.5 Å². The van der Waals surface area contributed by atoms with Crippen LogP contribution in [0.3, 0.4) is 0 Å². The Morgan fingerprint density at radius 2 is 2.07 bits per heavy atom. The molecule has 1 aromatic carbocycles. The topological polar surface area (TPSA) is 29.1 Å². The van der Waals surface area contributed by atoms with E-state index in [2.05, 4.69) is 34.5 Å². The summed E-state index contributed by atoms with van der Waals surface area (Å²) in [6, 6.07) is 7.49. The van der Waals surface area contributed by atoms with E-state index in [1.165, 1.54) is 0 Å². The molecular formula is C11H12INO. The molecule has 0 unspecified atom stereocenters. The lowest BCUT2D eigenvalue weighted by atomic mass is 10.2. The van der Waals surface area contributed by atoms with Gasteiger partial charge in [0.05, 0.1) is 0 Å². The van der Waals surface area contributed by atoms with Gasteiger partial charge in [-0.25, -0.2) is 0 Å². The third-order valence-corrected chi connectivity index (χ3v) is 2.46. The van der Waals surface area contributed by atoms with Crippen molar-refractivity contribution in [2.75, 3.05) is 6.54 Å². The second-order valence-corrected chi connectivity index (χ2v) is 4.09. The van der Waals surface area contributed by atoms with E-state index in [1.54, 1.807) is 6.08 Å². The summed E-state index contributed by atoms with van der Waals surface area (Å²) in [6.07, 6.45) is 2.59. The van der Waals surface area contributed by atoms with Crippen LogP contribution in [-0.4, -0.2) is 12.5 Å². The van der Waals surface area contributed by atoms with Gasteiger partial charge in [-0.2, -0.15) is 0 Å². The maximum Gasteiger partial charge on any atom is 0.251 e. The Kier molecular flexibility index (Phi) is 4.65. The van der Waals surface area contributed by atoms with Crippen molar-refractivity contribution in [3.05, 3.63) is 46.1 Å². The average Bonchev–Trinajstić information content (AvgIpc) is 2.19. The molecule has 0 spiro atoms. The zero-order valence-corrected chi connectivity index (χ0v) is 9.95. The van der Waals surface area contributed by atoms with Gasteiger partial charge in [0.2, 0.25) is 0 Å². The maximum atomic E-state index is 11.5. The molecule has 0 aliphatic rings. The first kappa shape index (κ1) is 11.2. The molecule has 0 radical (unpaired) electrons. The van der Waals surface area contributed by atoms with E-state index in [1.807, 2.05) is 24.3 Å². The normalized spacial score (nSPS) is 9.50. The highest BCUT2D eigenvalue weighted by Crippen LogP contribution is 2.06. The van der Waals surface area contributed by atoms with Gasteiger partial charge in [-0.3, -0.25) is 4.79 Å². The zero-order valence-electron chi connectivity index (χ0n) is 7.79. The second-order valence-electron chi connectivity index (χ2n) is 2.84. The largest absolute Gasteiger partial charge is 0.352 e. The second kappa shape index (κ2) is 5.80. The number of benzene rings is 1. The van der Waals surface area contributed by atoms with Gasteiger partial charge < -0.3 is 5.32 Å². The average molecular weight is 301 g/mol. The number of amides is 1. The molecule has 3 heteroatoms. The van der Waals surface area contributed by atoms with Crippen LogP contribution in [0.25, 0.3) is 0 Å². The molecule has 0 aliphatic carbocycles. The van der Waals surface area contributed by atoms with Crippen molar-refractivity contribution in [2.24, 2.45) is 0 Å². The van der Waals surface area contributed by atoms with Crippen molar-refractivity contribution in [1.29, 1.82) is 0 Å². The van der Waals surface area contributed by atoms with Gasteiger partial charge in [0.1, 0.15) is 0 Å². The fourth-order valence-corrected chi connectivity index (χ4v) is 1.35. The summed E-state index contributed by atoms with van der Waals surface area (Å²) in [5.41, 5.74) is 0.703. The van der Waals surface area contributed by atoms with E-state index in [-0.39, 0.29) is 5.91 Å². The summed E-state index contributed by atoms with van der Waals surface area (Å²) >= 11 is 2.21. The summed E-state index contributed by atoms with van der Waals surface area (Å²) in [5, 5.41) is 2.81. The molecule has 2 nitrogen and oxygen atoms in total. The molecule has 1 aromatic rings. The van der Waals surface area contributed by atoms with Crippen LogP contribution in [-0.2, 0) is 0 Å². The maximum absolute atomic E-state index is 11.5. The van der Waals surface area contributed by atoms with Crippen LogP contribution in [0.4, 0.5) is 0 Å². The van der Waals surface area contributed by atoms with E-state index in [0.717, 1.165) is 9.99 Å². The molecule has 0 aliphatic heterocycles. The van der Waals surface area contributed by atoms with Gasteiger partial charge in [0.15, 0.2) is 0 Å². The minimum atomic E-state index is -0.0248.